The van der Waals surface area contributed by atoms with Gasteiger partial charge in [-0.3, -0.25) is 14.6 Å². The Morgan fingerprint density at radius 2 is 1.84 bits per heavy atom. The molecule has 7 nitrogen and oxygen atoms in total. The molecule has 4 rings (SSSR count). The number of fused-ring (bicyclic) bond motifs is 1. The minimum atomic E-state index is -0.112. The summed E-state index contributed by atoms with van der Waals surface area (Å²) in [7, 11) is 3.24. The molecule has 0 aliphatic carbocycles. The van der Waals surface area contributed by atoms with Gasteiger partial charge in [-0.2, -0.15) is 0 Å². The van der Waals surface area contributed by atoms with E-state index in [1.807, 2.05) is 48.5 Å². The summed E-state index contributed by atoms with van der Waals surface area (Å²) in [4.78, 5) is 22.1. The topological polar surface area (TPSA) is 64.1 Å². The fraction of sp³-hybridized carbons (Fsp3) is 0.333. The summed E-state index contributed by atoms with van der Waals surface area (Å²) in [6.45, 7) is 4.45. The normalized spacial score (nSPS) is 14.7. The van der Waals surface area contributed by atoms with Crippen molar-refractivity contribution in [3.63, 3.8) is 0 Å². The molecule has 0 saturated carbocycles. The summed E-state index contributed by atoms with van der Waals surface area (Å²) in [6.07, 6.45) is 3.44. The molecular formula is C24H27N3O4S. The summed E-state index contributed by atoms with van der Waals surface area (Å²) >= 11 is 1.43. The highest BCUT2D eigenvalue weighted by Crippen LogP contribution is 2.40. The molecule has 32 heavy (non-hydrogen) atoms. The number of benzene rings is 2. The van der Waals surface area contributed by atoms with E-state index in [-0.39, 0.29) is 5.91 Å². The molecule has 0 radical (unpaired) electrons. The first-order valence-corrected chi connectivity index (χ1v) is 11.4. The summed E-state index contributed by atoms with van der Waals surface area (Å²) < 4.78 is 17.3. The van der Waals surface area contributed by atoms with Crippen LogP contribution in [0.15, 0.2) is 48.5 Å². The lowest BCUT2D eigenvalue weighted by molar-refractivity contribution is -0.114. The van der Waals surface area contributed by atoms with Gasteiger partial charge >= 0.3 is 0 Å². The molecule has 0 bridgehead atoms. The van der Waals surface area contributed by atoms with E-state index in [9.17, 15) is 4.79 Å². The zero-order valence-corrected chi connectivity index (χ0v) is 19.1. The van der Waals surface area contributed by atoms with E-state index in [4.69, 9.17) is 19.2 Å². The van der Waals surface area contributed by atoms with E-state index < -0.39 is 0 Å². The Kier molecular flexibility index (Phi) is 7.36. The number of rotatable bonds is 8. The van der Waals surface area contributed by atoms with Gasteiger partial charge in [-0.1, -0.05) is 41.7 Å². The van der Waals surface area contributed by atoms with Gasteiger partial charge in [-0.25, -0.2) is 4.98 Å². The second-order valence-corrected chi connectivity index (χ2v) is 8.31. The van der Waals surface area contributed by atoms with Crippen LogP contribution in [0.2, 0.25) is 0 Å². The Morgan fingerprint density at radius 3 is 2.56 bits per heavy atom. The Balaban J connectivity index is 1.64. The smallest absolute Gasteiger partial charge is 0.252 e. The van der Waals surface area contributed by atoms with E-state index >= 15 is 0 Å². The van der Waals surface area contributed by atoms with Gasteiger partial charge in [0.2, 0.25) is 0 Å². The number of hydrogen-bond donors (Lipinski definition) is 0. The van der Waals surface area contributed by atoms with Gasteiger partial charge in [0.05, 0.1) is 27.4 Å². The number of hydrogen-bond acceptors (Lipinski definition) is 7. The second-order valence-electron chi connectivity index (χ2n) is 7.33. The van der Waals surface area contributed by atoms with Crippen LogP contribution in [0, 0.1) is 0 Å². The molecule has 0 spiro atoms. The SMILES string of the molecule is COc1ccc(OC)c2sc(N(CCN3CCOCC3)C(=O)/C=C/c3ccccc3)nc12. The number of nitrogens with zero attached hydrogens (tertiary/aromatic N) is 3. The lowest BCUT2D eigenvalue weighted by atomic mass is 10.2. The Hall–Kier alpha value is -2.94. The maximum Gasteiger partial charge on any atom is 0.252 e. The summed E-state index contributed by atoms with van der Waals surface area (Å²) in [6, 6.07) is 13.5. The average molecular weight is 454 g/mol. The number of anilines is 1. The van der Waals surface area contributed by atoms with Crippen LogP contribution >= 0.6 is 11.3 Å². The Labute approximate surface area is 191 Å². The number of carbonyl (C=O) groups is 1. The monoisotopic (exact) mass is 453 g/mol. The lowest BCUT2D eigenvalue weighted by Crippen LogP contribution is -2.42. The molecule has 1 saturated heterocycles. The highest BCUT2D eigenvalue weighted by molar-refractivity contribution is 7.22. The molecular weight excluding hydrogens is 426 g/mol. The van der Waals surface area contributed by atoms with Gasteiger partial charge in [0.25, 0.3) is 5.91 Å². The fourth-order valence-corrected chi connectivity index (χ4v) is 4.68. The maximum absolute atomic E-state index is 13.3. The van der Waals surface area contributed by atoms with E-state index in [1.165, 1.54) is 11.3 Å². The van der Waals surface area contributed by atoms with Gasteiger partial charge in [-0.05, 0) is 23.8 Å². The van der Waals surface area contributed by atoms with Crippen LogP contribution in [-0.2, 0) is 9.53 Å². The summed E-state index contributed by atoms with van der Waals surface area (Å²) in [5.41, 5.74) is 1.67. The number of morpholine rings is 1. The van der Waals surface area contributed by atoms with Crippen LogP contribution in [0.1, 0.15) is 5.56 Å². The molecule has 1 aliphatic rings. The Morgan fingerprint density at radius 1 is 1.12 bits per heavy atom. The van der Waals surface area contributed by atoms with Crippen LogP contribution in [-0.4, -0.2) is 69.4 Å². The molecule has 168 valence electrons. The van der Waals surface area contributed by atoms with Gasteiger partial charge in [0, 0.05) is 32.3 Å². The number of ether oxygens (including phenoxy) is 3. The molecule has 1 amide bonds. The van der Waals surface area contributed by atoms with Crippen molar-refractivity contribution in [3.05, 3.63) is 54.1 Å². The predicted molar refractivity (Wildman–Crippen MR) is 128 cm³/mol. The number of aromatic nitrogens is 1. The highest BCUT2D eigenvalue weighted by Gasteiger charge is 2.22. The van der Waals surface area contributed by atoms with Gasteiger partial charge < -0.3 is 14.2 Å². The average Bonchev–Trinajstić information content (AvgIpc) is 3.28. The van der Waals surface area contributed by atoms with Crippen molar-refractivity contribution in [1.82, 2.24) is 9.88 Å². The van der Waals surface area contributed by atoms with E-state index in [1.54, 1.807) is 25.2 Å². The van der Waals surface area contributed by atoms with Crippen molar-refractivity contribution in [2.75, 3.05) is 58.5 Å². The van der Waals surface area contributed by atoms with Gasteiger partial charge in [-0.15, -0.1) is 0 Å². The van der Waals surface area contributed by atoms with Crippen LogP contribution in [0.3, 0.4) is 0 Å². The van der Waals surface area contributed by atoms with E-state index in [0.29, 0.717) is 28.7 Å². The largest absolute Gasteiger partial charge is 0.495 e. The first kappa shape index (κ1) is 22.3. The molecule has 2 aromatic carbocycles. The number of thiazole rings is 1. The second kappa shape index (κ2) is 10.6. The zero-order valence-electron chi connectivity index (χ0n) is 18.3. The lowest BCUT2D eigenvalue weighted by Gasteiger charge is -2.28. The fourth-order valence-electron chi connectivity index (χ4n) is 3.58. The molecule has 1 fully saturated rings. The maximum atomic E-state index is 13.3. The third-order valence-electron chi connectivity index (χ3n) is 5.36. The van der Waals surface area contributed by atoms with Gasteiger partial charge in [0.15, 0.2) is 5.13 Å². The number of carbonyl (C=O) groups excluding carboxylic acids is 1. The Bertz CT molecular complexity index is 1040. The number of amides is 1. The van der Waals surface area contributed by atoms with E-state index in [0.717, 1.165) is 43.1 Å². The van der Waals surface area contributed by atoms with Crippen molar-refractivity contribution in [1.29, 1.82) is 0 Å². The van der Waals surface area contributed by atoms with Crippen LogP contribution in [0.5, 0.6) is 11.5 Å². The van der Waals surface area contributed by atoms with E-state index in [2.05, 4.69) is 4.90 Å². The van der Waals surface area contributed by atoms with Gasteiger partial charge in [0.1, 0.15) is 21.7 Å². The van der Waals surface area contributed by atoms with Crippen LogP contribution < -0.4 is 14.4 Å². The molecule has 2 heterocycles. The molecule has 0 N–H and O–H groups in total. The van der Waals surface area contributed by atoms with Crippen molar-refractivity contribution >= 4 is 38.7 Å². The third kappa shape index (κ3) is 5.09. The van der Waals surface area contributed by atoms with Crippen molar-refractivity contribution in [3.8, 4) is 11.5 Å². The molecule has 0 atom stereocenters. The summed E-state index contributed by atoms with van der Waals surface area (Å²) in [5.74, 6) is 1.26. The molecule has 0 unspecified atom stereocenters. The van der Waals surface area contributed by atoms with Crippen molar-refractivity contribution in [2.45, 2.75) is 0 Å². The van der Waals surface area contributed by atoms with Crippen molar-refractivity contribution < 1.29 is 19.0 Å². The highest BCUT2D eigenvalue weighted by atomic mass is 32.1. The third-order valence-corrected chi connectivity index (χ3v) is 6.45. The van der Waals surface area contributed by atoms with Crippen molar-refractivity contribution in [2.24, 2.45) is 0 Å². The molecule has 8 heteroatoms. The predicted octanol–water partition coefficient (Wildman–Crippen LogP) is 3.69. The first-order chi connectivity index (χ1) is 15.7. The summed E-state index contributed by atoms with van der Waals surface area (Å²) in [5, 5.41) is 0.624. The number of methoxy groups -OCH3 is 2. The molecule has 3 aromatic rings. The minimum absolute atomic E-state index is 0.112. The minimum Gasteiger partial charge on any atom is -0.495 e. The molecule has 1 aromatic heterocycles. The van der Waals surface area contributed by atoms with Crippen LogP contribution in [0.25, 0.3) is 16.3 Å². The first-order valence-electron chi connectivity index (χ1n) is 10.6. The quantitative estimate of drug-likeness (QED) is 0.485. The molecule has 1 aliphatic heterocycles. The van der Waals surface area contributed by atoms with Crippen LogP contribution in [0.4, 0.5) is 5.13 Å². The standard InChI is InChI=1S/C24H27N3O4S/c1-29-19-9-10-20(30-2)23-22(19)25-24(32-23)27(13-12-26-14-16-31-17-15-26)21(28)11-8-18-6-4-3-5-7-18/h3-11H,12-17H2,1-2H3/b11-8+. The zero-order chi connectivity index (χ0) is 22.3.